The van der Waals surface area contributed by atoms with Crippen molar-refractivity contribution in [3.05, 3.63) is 42.4 Å². The number of nitrogens with one attached hydrogen (secondary N) is 1. The molecule has 2 aromatic rings. The molecule has 1 amide bonds. The van der Waals surface area contributed by atoms with Crippen molar-refractivity contribution in [2.24, 2.45) is 10.8 Å². The maximum atomic E-state index is 13.2. The minimum absolute atomic E-state index is 0.124. The molecule has 1 aromatic carbocycles. The smallest absolute Gasteiger partial charge is 0.309 e. The second-order valence-electron chi connectivity index (χ2n) is 8.14. The number of aromatic nitrogens is 2. The van der Waals surface area contributed by atoms with Crippen LogP contribution >= 0.6 is 0 Å². The number of hydrogen-bond donors (Lipinski definition) is 2. The molecule has 0 aliphatic heterocycles. The molecule has 3 aliphatic carbocycles. The zero-order valence-corrected chi connectivity index (χ0v) is 15.6. The van der Waals surface area contributed by atoms with E-state index in [4.69, 9.17) is 0 Å². The van der Waals surface area contributed by atoms with E-state index in [1.165, 1.54) is 0 Å². The topological polar surface area (TPSA) is 86.3 Å². The summed E-state index contributed by atoms with van der Waals surface area (Å²) in [6.07, 6.45) is 5.66. The Balaban J connectivity index is 1.44. The molecule has 6 nitrogen and oxygen atoms in total. The first-order valence-electron chi connectivity index (χ1n) is 9.52. The molecular formula is C21H25N3O3. The number of carbonyl (C=O) groups excluding carboxylic acids is 1. The molecule has 142 valence electrons. The summed E-state index contributed by atoms with van der Waals surface area (Å²) in [6, 6.07) is 9.97. The Hall–Kier alpha value is -2.63. The average molecular weight is 367 g/mol. The molecule has 5 rings (SSSR count). The van der Waals surface area contributed by atoms with Gasteiger partial charge in [-0.2, -0.15) is 0 Å². The number of nitrogens with zero attached hydrogens (tertiary/aromatic N) is 2. The molecule has 0 unspecified atom stereocenters. The molecular weight excluding hydrogens is 342 g/mol. The number of carboxylic acids is 1. The lowest BCUT2D eigenvalue weighted by Crippen LogP contribution is -2.52. The molecule has 1 aromatic heterocycles. The molecule has 0 radical (unpaired) electrons. The summed E-state index contributed by atoms with van der Waals surface area (Å²) in [6.45, 7) is 0.428. The summed E-state index contributed by atoms with van der Waals surface area (Å²) in [5.41, 5.74) is 1.02. The maximum Gasteiger partial charge on any atom is 0.309 e. The van der Waals surface area contributed by atoms with Gasteiger partial charge in [-0.3, -0.25) is 9.59 Å². The van der Waals surface area contributed by atoms with Gasteiger partial charge >= 0.3 is 5.97 Å². The van der Waals surface area contributed by atoms with Crippen LogP contribution in [0.15, 0.2) is 36.5 Å². The van der Waals surface area contributed by atoms with Gasteiger partial charge < -0.3 is 15.0 Å². The van der Waals surface area contributed by atoms with Crippen molar-refractivity contribution >= 4 is 11.9 Å². The number of rotatable bonds is 5. The molecule has 2 N–H and O–H groups in total. The van der Waals surface area contributed by atoms with Gasteiger partial charge in [0.1, 0.15) is 5.82 Å². The van der Waals surface area contributed by atoms with Crippen LogP contribution in [0, 0.1) is 10.8 Å². The number of hydrogen-bond acceptors (Lipinski definition) is 3. The third-order valence-electron chi connectivity index (χ3n) is 6.60. The number of imidazole rings is 1. The Bertz CT molecular complexity index is 834. The fourth-order valence-electron chi connectivity index (χ4n) is 4.74. The number of benzene rings is 1. The summed E-state index contributed by atoms with van der Waals surface area (Å²) >= 11 is 0. The number of fused-ring (bicyclic) bond motifs is 3. The summed E-state index contributed by atoms with van der Waals surface area (Å²) in [5, 5.41) is 9.53. The van der Waals surface area contributed by atoms with Crippen LogP contribution < -0.4 is 0 Å². The molecule has 27 heavy (non-hydrogen) atoms. The Morgan fingerprint density at radius 1 is 1.07 bits per heavy atom. The second kappa shape index (κ2) is 6.51. The highest BCUT2D eigenvalue weighted by molar-refractivity contribution is 5.84. The van der Waals surface area contributed by atoms with Crippen LogP contribution in [0.2, 0.25) is 0 Å². The lowest BCUT2D eigenvalue weighted by molar-refractivity contribution is -0.167. The first-order chi connectivity index (χ1) is 12.9. The molecule has 0 saturated heterocycles. The summed E-state index contributed by atoms with van der Waals surface area (Å²) in [5.74, 6) is 0.187. The second-order valence-corrected chi connectivity index (χ2v) is 8.14. The number of aliphatic carboxylic acids is 1. The number of carbonyl (C=O) groups is 2. The van der Waals surface area contributed by atoms with E-state index < -0.39 is 11.4 Å². The van der Waals surface area contributed by atoms with Crippen molar-refractivity contribution in [3.63, 3.8) is 0 Å². The van der Waals surface area contributed by atoms with Crippen molar-refractivity contribution in [2.75, 3.05) is 7.05 Å². The van der Waals surface area contributed by atoms with Crippen molar-refractivity contribution in [3.8, 4) is 11.3 Å². The third kappa shape index (κ3) is 3.03. The minimum atomic E-state index is -0.694. The quantitative estimate of drug-likeness (QED) is 0.847. The monoisotopic (exact) mass is 367 g/mol. The van der Waals surface area contributed by atoms with Crippen LogP contribution in [0.1, 0.15) is 44.3 Å². The van der Waals surface area contributed by atoms with Gasteiger partial charge in [0.15, 0.2) is 0 Å². The van der Waals surface area contributed by atoms with E-state index in [9.17, 15) is 14.7 Å². The van der Waals surface area contributed by atoms with Crippen molar-refractivity contribution in [1.82, 2.24) is 14.9 Å². The largest absolute Gasteiger partial charge is 0.481 e. The normalized spacial score (nSPS) is 26.7. The molecule has 6 heteroatoms. The van der Waals surface area contributed by atoms with E-state index in [-0.39, 0.29) is 11.3 Å². The van der Waals surface area contributed by atoms with Crippen molar-refractivity contribution in [1.29, 1.82) is 0 Å². The Kier molecular flexibility index (Phi) is 4.29. The SMILES string of the molecule is CN(Cc1ncc(-c2ccccc2)[nH]1)C(=O)C12CCC(C(=O)O)(CC1)CC2. The number of amides is 1. The number of carboxylic acid groups (broad SMARTS) is 1. The predicted molar refractivity (Wildman–Crippen MR) is 101 cm³/mol. The number of H-pyrrole nitrogens is 1. The van der Waals surface area contributed by atoms with Gasteiger partial charge in [0.2, 0.25) is 5.91 Å². The van der Waals surface area contributed by atoms with Gasteiger partial charge in [-0.1, -0.05) is 30.3 Å². The van der Waals surface area contributed by atoms with Crippen molar-refractivity contribution < 1.29 is 14.7 Å². The summed E-state index contributed by atoms with van der Waals surface area (Å²) in [4.78, 5) is 34.2. The first kappa shape index (κ1) is 17.8. The molecule has 3 fully saturated rings. The lowest BCUT2D eigenvalue weighted by atomic mass is 9.53. The van der Waals surface area contributed by atoms with Crippen LogP contribution in [-0.2, 0) is 16.1 Å². The zero-order chi connectivity index (χ0) is 19.1. The van der Waals surface area contributed by atoms with Gasteiger partial charge in [-0.15, -0.1) is 0 Å². The van der Waals surface area contributed by atoms with Crippen LogP contribution in [-0.4, -0.2) is 38.9 Å². The fraction of sp³-hybridized carbons (Fsp3) is 0.476. The van der Waals surface area contributed by atoms with E-state index in [1.807, 2.05) is 37.4 Å². The standard InChI is InChI=1S/C21H25N3O3/c1-24(14-17-22-13-16(23-17)15-5-3-2-4-6-15)18(25)20-7-10-21(11-8-20,12-9-20)19(26)27/h2-6,13H,7-12,14H2,1H3,(H,22,23)(H,26,27). The van der Waals surface area contributed by atoms with E-state index in [2.05, 4.69) is 9.97 Å². The van der Waals surface area contributed by atoms with Gasteiger partial charge in [-0.25, -0.2) is 4.98 Å². The Morgan fingerprint density at radius 3 is 2.26 bits per heavy atom. The zero-order valence-electron chi connectivity index (χ0n) is 15.6. The minimum Gasteiger partial charge on any atom is -0.481 e. The molecule has 2 bridgehead atoms. The van der Waals surface area contributed by atoms with Gasteiger partial charge in [-0.05, 0) is 44.1 Å². The summed E-state index contributed by atoms with van der Waals surface area (Å²) in [7, 11) is 1.81. The Morgan fingerprint density at radius 2 is 1.67 bits per heavy atom. The Labute approximate surface area is 158 Å². The van der Waals surface area contributed by atoms with E-state index in [0.717, 1.165) is 17.1 Å². The summed E-state index contributed by atoms with van der Waals surface area (Å²) < 4.78 is 0. The third-order valence-corrected chi connectivity index (χ3v) is 6.60. The molecule has 3 aliphatic rings. The van der Waals surface area contributed by atoms with Crippen molar-refractivity contribution in [2.45, 2.75) is 45.1 Å². The average Bonchev–Trinajstić information content (AvgIpc) is 3.18. The van der Waals surface area contributed by atoms with Gasteiger partial charge in [0.25, 0.3) is 0 Å². The van der Waals surface area contributed by atoms with E-state index >= 15 is 0 Å². The first-order valence-corrected chi connectivity index (χ1v) is 9.52. The van der Waals surface area contributed by atoms with Crippen LogP contribution in [0.25, 0.3) is 11.3 Å². The van der Waals surface area contributed by atoms with Crippen LogP contribution in [0.3, 0.4) is 0 Å². The maximum absolute atomic E-state index is 13.2. The fourth-order valence-corrected chi connectivity index (χ4v) is 4.74. The predicted octanol–water partition coefficient (Wildman–Crippen LogP) is 3.46. The van der Waals surface area contributed by atoms with Crippen LogP contribution in [0.5, 0.6) is 0 Å². The van der Waals surface area contributed by atoms with Gasteiger partial charge in [0, 0.05) is 12.5 Å². The molecule has 1 heterocycles. The number of aromatic amines is 1. The van der Waals surface area contributed by atoms with E-state index in [1.54, 1.807) is 11.1 Å². The van der Waals surface area contributed by atoms with E-state index in [0.29, 0.717) is 45.1 Å². The molecule has 3 saturated carbocycles. The molecule has 0 atom stereocenters. The van der Waals surface area contributed by atoms with Gasteiger partial charge in [0.05, 0.1) is 23.9 Å². The highest BCUT2D eigenvalue weighted by Crippen LogP contribution is 2.57. The highest BCUT2D eigenvalue weighted by atomic mass is 16.4. The lowest BCUT2D eigenvalue weighted by Gasteiger charge is -2.51. The van der Waals surface area contributed by atoms with Crippen LogP contribution in [0.4, 0.5) is 0 Å². The highest BCUT2D eigenvalue weighted by Gasteiger charge is 2.56. The molecule has 0 spiro atoms.